The van der Waals surface area contributed by atoms with Gasteiger partial charge in [0.05, 0.1) is 31.4 Å². The lowest BCUT2D eigenvalue weighted by Crippen LogP contribution is -2.35. The first-order valence-corrected chi connectivity index (χ1v) is 11.3. The highest BCUT2D eigenvalue weighted by Crippen LogP contribution is 2.42. The summed E-state index contributed by atoms with van der Waals surface area (Å²) in [7, 11) is 4.60. The van der Waals surface area contributed by atoms with Crippen LogP contribution in [0.3, 0.4) is 0 Å². The van der Waals surface area contributed by atoms with Gasteiger partial charge in [-0.1, -0.05) is 29.3 Å². The monoisotopic (exact) mass is 481 g/mol. The zero-order valence-corrected chi connectivity index (χ0v) is 20.4. The predicted octanol–water partition coefficient (Wildman–Crippen LogP) is 5.23. The first-order chi connectivity index (χ1) is 15.4. The lowest BCUT2D eigenvalue weighted by Gasteiger charge is -2.30. The summed E-state index contributed by atoms with van der Waals surface area (Å²) in [5.41, 5.74) is 1.28. The van der Waals surface area contributed by atoms with E-state index in [4.69, 9.17) is 42.1 Å². The molecule has 6 nitrogen and oxygen atoms in total. The lowest BCUT2D eigenvalue weighted by molar-refractivity contribution is 0.0771. The van der Waals surface area contributed by atoms with E-state index in [2.05, 4.69) is 0 Å². The Morgan fingerprint density at radius 3 is 2.28 bits per heavy atom. The lowest BCUT2D eigenvalue weighted by atomic mass is 9.77. The smallest absolute Gasteiger partial charge is 0.254 e. The maximum atomic E-state index is 13.4. The number of halogens is 2. The molecule has 32 heavy (non-hydrogen) atoms. The highest BCUT2D eigenvalue weighted by molar-refractivity contribution is 6.42. The van der Waals surface area contributed by atoms with Crippen molar-refractivity contribution in [3.05, 3.63) is 51.5 Å². The standard InChI is InChI=1S/C24H29Cl2NO5/c1-5-32-11-9-24(17-6-7-18(25)19(26)14-17)8-10-27(15-24)23(28)16-12-20(29-2)22(31-4)21(13-16)30-3/h6-7,12-14H,5,8-11,15H2,1-4H3. The molecule has 1 aliphatic rings. The van der Waals surface area contributed by atoms with Crippen molar-refractivity contribution >= 4 is 29.1 Å². The Balaban J connectivity index is 1.91. The Bertz CT molecular complexity index is 942. The third kappa shape index (κ3) is 4.92. The Kier molecular flexibility index (Phi) is 8.15. The van der Waals surface area contributed by atoms with E-state index in [1.807, 2.05) is 30.0 Å². The minimum Gasteiger partial charge on any atom is -0.493 e. The molecule has 3 rings (SSSR count). The van der Waals surface area contributed by atoms with Gasteiger partial charge in [-0.25, -0.2) is 0 Å². The highest BCUT2D eigenvalue weighted by atomic mass is 35.5. The molecule has 0 aliphatic carbocycles. The molecule has 174 valence electrons. The quantitative estimate of drug-likeness (QED) is 0.459. The molecule has 1 fully saturated rings. The van der Waals surface area contributed by atoms with Gasteiger partial charge in [-0.05, 0) is 49.6 Å². The van der Waals surface area contributed by atoms with E-state index in [1.165, 1.54) is 21.3 Å². The van der Waals surface area contributed by atoms with Crippen molar-refractivity contribution in [2.45, 2.75) is 25.2 Å². The molecular formula is C24H29Cl2NO5. The topological polar surface area (TPSA) is 57.2 Å². The minimum atomic E-state index is -0.264. The molecule has 1 heterocycles. The summed E-state index contributed by atoms with van der Waals surface area (Å²) in [5.74, 6) is 1.25. The van der Waals surface area contributed by atoms with Crippen LogP contribution in [0.5, 0.6) is 17.2 Å². The van der Waals surface area contributed by atoms with Crippen LogP contribution in [0.2, 0.25) is 10.0 Å². The number of methoxy groups -OCH3 is 3. The largest absolute Gasteiger partial charge is 0.493 e. The summed E-state index contributed by atoms with van der Waals surface area (Å²) in [4.78, 5) is 15.3. The molecule has 1 atom stereocenters. The number of amides is 1. The summed E-state index contributed by atoms with van der Waals surface area (Å²) in [6.07, 6.45) is 1.58. The van der Waals surface area contributed by atoms with Gasteiger partial charge in [0.15, 0.2) is 11.5 Å². The first kappa shape index (κ1) is 24.5. The molecule has 1 unspecified atom stereocenters. The van der Waals surface area contributed by atoms with Gasteiger partial charge in [0, 0.05) is 37.3 Å². The Hall–Kier alpha value is -2.15. The molecule has 1 amide bonds. The van der Waals surface area contributed by atoms with Crippen molar-refractivity contribution in [1.29, 1.82) is 0 Å². The van der Waals surface area contributed by atoms with Gasteiger partial charge in [0.25, 0.3) is 5.91 Å². The zero-order valence-electron chi connectivity index (χ0n) is 18.9. The second-order valence-electron chi connectivity index (χ2n) is 7.75. The maximum Gasteiger partial charge on any atom is 0.254 e. The van der Waals surface area contributed by atoms with Crippen molar-refractivity contribution in [3.8, 4) is 17.2 Å². The predicted molar refractivity (Wildman–Crippen MR) is 126 cm³/mol. The average molecular weight is 482 g/mol. The molecule has 2 aromatic rings. The number of rotatable bonds is 9. The van der Waals surface area contributed by atoms with Crippen molar-refractivity contribution in [1.82, 2.24) is 4.90 Å². The van der Waals surface area contributed by atoms with Crippen LogP contribution in [0.4, 0.5) is 0 Å². The number of hydrogen-bond acceptors (Lipinski definition) is 5. The fourth-order valence-corrected chi connectivity index (χ4v) is 4.55. The molecule has 0 aromatic heterocycles. The number of carbonyl (C=O) groups is 1. The maximum absolute atomic E-state index is 13.4. The Labute approximate surface area is 199 Å². The van der Waals surface area contributed by atoms with Gasteiger partial charge in [0.1, 0.15) is 0 Å². The molecular weight excluding hydrogens is 453 g/mol. The van der Waals surface area contributed by atoms with Crippen LogP contribution in [0.1, 0.15) is 35.7 Å². The van der Waals surface area contributed by atoms with E-state index in [0.717, 1.165) is 18.4 Å². The summed E-state index contributed by atoms with van der Waals surface area (Å²) < 4.78 is 21.9. The average Bonchev–Trinajstić information content (AvgIpc) is 3.24. The van der Waals surface area contributed by atoms with Gasteiger partial charge in [-0.15, -0.1) is 0 Å². The normalized spacial score (nSPS) is 18.0. The summed E-state index contributed by atoms with van der Waals surface area (Å²) in [6.45, 7) is 4.38. The molecule has 2 aromatic carbocycles. The van der Waals surface area contributed by atoms with E-state index >= 15 is 0 Å². The van der Waals surface area contributed by atoms with Crippen LogP contribution in [-0.4, -0.2) is 58.4 Å². The fourth-order valence-electron chi connectivity index (χ4n) is 4.25. The van der Waals surface area contributed by atoms with Gasteiger partial charge >= 0.3 is 0 Å². The number of hydrogen-bond donors (Lipinski definition) is 0. The number of likely N-dealkylation sites (tertiary alicyclic amines) is 1. The molecule has 1 aliphatic heterocycles. The summed E-state index contributed by atoms with van der Waals surface area (Å²) >= 11 is 12.5. The second kappa shape index (κ2) is 10.6. The van der Waals surface area contributed by atoms with E-state index in [-0.39, 0.29) is 11.3 Å². The molecule has 0 saturated carbocycles. The molecule has 0 spiro atoms. The van der Waals surface area contributed by atoms with E-state index in [1.54, 1.807) is 12.1 Å². The van der Waals surface area contributed by atoms with Crippen LogP contribution < -0.4 is 14.2 Å². The van der Waals surface area contributed by atoms with Gasteiger partial charge < -0.3 is 23.8 Å². The van der Waals surface area contributed by atoms with Crippen molar-refractivity contribution in [3.63, 3.8) is 0 Å². The van der Waals surface area contributed by atoms with Crippen molar-refractivity contribution in [2.24, 2.45) is 0 Å². The SMILES string of the molecule is CCOCCC1(c2ccc(Cl)c(Cl)c2)CCN(C(=O)c2cc(OC)c(OC)c(OC)c2)C1. The third-order valence-electron chi connectivity index (χ3n) is 6.01. The molecule has 0 radical (unpaired) electrons. The highest BCUT2D eigenvalue weighted by Gasteiger charge is 2.41. The molecule has 0 N–H and O–H groups in total. The van der Waals surface area contributed by atoms with Crippen LogP contribution in [-0.2, 0) is 10.2 Å². The molecule has 8 heteroatoms. The van der Waals surface area contributed by atoms with Crippen molar-refractivity contribution in [2.75, 3.05) is 47.6 Å². The minimum absolute atomic E-state index is 0.0948. The Morgan fingerprint density at radius 1 is 1.03 bits per heavy atom. The molecule has 1 saturated heterocycles. The number of nitrogens with zero attached hydrogens (tertiary/aromatic N) is 1. The zero-order chi connectivity index (χ0) is 23.3. The fraction of sp³-hybridized carbons (Fsp3) is 0.458. The van der Waals surface area contributed by atoms with Crippen LogP contribution in [0.15, 0.2) is 30.3 Å². The van der Waals surface area contributed by atoms with Gasteiger partial charge in [-0.2, -0.15) is 0 Å². The first-order valence-electron chi connectivity index (χ1n) is 10.5. The summed E-state index contributed by atoms with van der Waals surface area (Å²) in [5, 5.41) is 1.02. The van der Waals surface area contributed by atoms with E-state index in [0.29, 0.717) is 59.2 Å². The van der Waals surface area contributed by atoms with Crippen molar-refractivity contribution < 1.29 is 23.7 Å². The van der Waals surface area contributed by atoms with Crippen LogP contribution >= 0.6 is 23.2 Å². The number of carbonyl (C=O) groups excluding carboxylic acids is 1. The number of ether oxygens (including phenoxy) is 4. The number of benzene rings is 2. The summed E-state index contributed by atoms with van der Waals surface area (Å²) in [6, 6.07) is 9.08. The van der Waals surface area contributed by atoms with Crippen LogP contribution in [0, 0.1) is 0 Å². The second-order valence-corrected chi connectivity index (χ2v) is 8.56. The van der Waals surface area contributed by atoms with Gasteiger partial charge in [-0.3, -0.25) is 4.79 Å². The molecule has 0 bridgehead atoms. The van der Waals surface area contributed by atoms with Crippen LogP contribution in [0.25, 0.3) is 0 Å². The van der Waals surface area contributed by atoms with E-state index in [9.17, 15) is 4.79 Å². The van der Waals surface area contributed by atoms with E-state index < -0.39 is 0 Å². The van der Waals surface area contributed by atoms with Gasteiger partial charge in [0.2, 0.25) is 5.75 Å². The Morgan fingerprint density at radius 2 is 1.72 bits per heavy atom. The third-order valence-corrected chi connectivity index (χ3v) is 6.75.